The first-order chi connectivity index (χ1) is 22.0. The molecule has 9 N–H and O–H groups in total. The quantitative estimate of drug-likeness (QED) is 0.0552. The first-order valence-corrected chi connectivity index (χ1v) is 12.6. The number of methoxy groups -OCH3 is 1. The first kappa shape index (κ1) is 45.3. The fraction of sp³-hybridized carbons (Fsp3) is 0.320. The van der Waals surface area contributed by atoms with Crippen LogP contribution < -0.4 is 10.1 Å². The van der Waals surface area contributed by atoms with Gasteiger partial charge in [-0.05, 0) is 25.1 Å². The van der Waals surface area contributed by atoms with Crippen LogP contribution in [0.1, 0.15) is 6.42 Å². The third kappa shape index (κ3) is 31.1. The molecule has 0 aliphatic rings. The molecule has 0 atom stereocenters. The van der Waals surface area contributed by atoms with Crippen molar-refractivity contribution in [3.05, 3.63) is 75.0 Å². The fourth-order valence-electron chi connectivity index (χ4n) is 2.90. The second-order valence-corrected chi connectivity index (χ2v) is 7.78. The van der Waals surface area contributed by atoms with Gasteiger partial charge < -0.3 is 51.1 Å². The topological polar surface area (TPSA) is 354 Å². The minimum Gasteiger partial charge on any atom is -0.494 e. The third-order valence-corrected chi connectivity index (χ3v) is 4.49. The van der Waals surface area contributed by atoms with Gasteiger partial charge in [-0.1, -0.05) is 12.1 Å². The van der Waals surface area contributed by atoms with E-state index in [9.17, 15) is 19.2 Å². The number of pyridine rings is 1. The van der Waals surface area contributed by atoms with Crippen molar-refractivity contribution >= 4 is 40.5 Å². The molecule has 1 aromatic carbocycles. The molecule has 1 aromatic heterocycles. The summed E-state index contributed by atoms with van der Waals surface area (Å²) < 4.78 is 5.35. The van der Waals surface area contributed by atoms with Gasteiger partial charge in [-0.3, -0.25) is 9.88 Å². The maximum Gasteiger partial charge on any atom is 0.328 e. The third-order valence-electron chi connectivity index (χ3n) is 4.49. The van der Waals surface area contributed by atoms with Gasteiger partial charge in [0.1, 0.15) is 11.3 Å². The predicted molar refractivity (Wildman–Crippen MR) is 158 cm³/mol. The Morgan fingerprint density at radius 2 is 1.26 bits per heavy atom. The van der Waals surface area contributed by atoms with Gasteiger partial charge in [-0.15, -0.1) is 20.2 Å². The summed E-state index contributed by atoms with van der Waals surface area (Å²) in [4.78, 5) is 61.4. The maximum atomic E-state index is 9.55. The summed E-state index contributed by atoms with van der Waals surface area (Å²) in [5.41, 5.74) is 1.88. The number of rotatable bonds is 14. The van der Waals surface area contributed by atoms with E-state index >= 15 is 0 Å². The van der Waals surface area contributed by atoms with Crippen molar-refractivity contribution in [3.63, 3.8) is 0 Å². The van der Waals surface area contributed by atoms with Crippen LogP contribution in [0.15, 0.2) is 54.8 Å². The van der Waals surface area contributed by atoms with Crippen LogP contribution in [0.3, 0.4) is 0 Å². The van der Waals surface area contributed by atoms with Crippen LogP contribution in [-0.4, -0.2) is 131 Å². The Morgan fingerprint density at radius 1 is 0.830 bits per heavy atom. The van der Waals surface area contributed by atoms with Crippen LogP contribution in [0.25, 0.3) is 10.9 Å². The van der Waals surface area contributed by atoms with Gasteiger partial charge in [0, 0.05) is 61.2 Å². The summed E-state index contributed by atoms with van der Waals surface area (Å²) in [6.45, 7) is 3.06. The highest BCUT2D eigenvalue weighted by Gasteiger charge is 2.07. The number of carboxylic acids is 4. The lowest BCUT2D eigenvalue weighted by Gasteiger charge is -2.20. The molecule has 0 unspecified atom stereocenters. The van der Waals surface area contributed by atoms with E-state index in [4.69, 9.17) is 66.0 Å². The minimum atomic E-state index is -1.50. The molecule has 0 saturated carbocycles. The number of aliphatic hydroxyl groups excluding tert-OH is 2. The van der Waals surface area contributed by atoms with Gasteiger partial charge in [0.15, 0.2) is 0 Å². The molecular weight excluding hydrogens is 642 g/mol. The summed E-state index contributed by atoms with van der Waals surface area (Å²) >= 11 is 0. The van der Waals surface area contributed by atoms with Crippen LogP contribution in [0.5, 0.6) is 5.75 Å². The lowest BCUT2D eigenvalue weighted by Crippen LogP contribution is -2.31. The summed E-state index contributed by atoms with van der Waals surface area (Å²) in [5, 5.41) is 81.0. The molecule has 1 heterocycles. The lowest BCUT2D eigenvalue weighted by atomic mass is 10.1. The number of carbonyl (C=O) groups is 4. The van der Waals surface area contributed by atoms with Gasteiger partial charge in [-0.2, -0.15) is 0 Å². The number of benzene rings is 1. The summed E-state index contributed by atoms with van der Waals surface area (Å²) in [7, 11) is 1.65. The number of aliphatic hydroxyl groups is 2. The molecule has 0 fully saturated rings. The Labute approximate surface area is 264 Å². The van der Waals surface area contributed by atoms with Crippen LogP contribution >= 0.6 is 0 Å². The van der Waals surface area contributed by atoms with Crippen molar-refractivity contribution in [1.29, 1.82) is 0 Å². The number of carboxylic acid groups (broad SMARTS) is 4. The number of hydrogen-bond acceptors (Lipinski definition) is 14. The highest BCUT2D eigenvalue weighted by molar-refractivity contribution is 5.94. The normalized spacial score (nSPS) is 9.70. The van der Waals surface area contributed by atoms with Gasteiger partial charge in [0.05, 0.1) is 20.3 Å². The van der Waals surface area contributed by atoms with E-state index in [0.717, 1.165) is 41.9 Å². The number of ether oxygens (including phenoxy) is 1. The van der Waals surface area contributed by atoms with Crippen molar-refractivity contribution in [2.24, 2.45) is 0 Å². The van der Waals surface area contributed by atoms with Gasteiger partial charge in [0.25, 0.3) is 10.2 Å². The van der Waals surface area contributed by atoms with Crippen molar-refractivity contribution in [2.45, 2.75) is 6.42 Å². The molecule has 262 valence electrons. The Morgan fingerprint density at radius 3 is 1.62 bits per heavy atom. The van der Waals surface area contributed by atoms with E-state index in [0.29, 0.717) is 37.4 Å². The van der Waals surface area contributed by atoms with Crippen LogP contribution in [0.2, 0.25) is 0 Å². The van der Waals surface area contributed by atoms with Gasteiger partial charge in [0.2, 0.25) is 0 Å². The van der Waals surface area contributed by atoms with Crippen LogP contribution in [0, 0.1) is 20.2 Å². The Bertz CT molecular complexity index is 1230. The molecule has 0 bridgehead atoms. The molecule has 0 aliphatic heterocycles. The second kappa shape index (κ2) is 28.6. The molecule has 22 nitrogen and oxygen atoms in total. The Kier molecular flexibility index (Phi) is 27.6. The van der Waals surface area contributed by atoms with E-state index in [1.807, 2.05) is 24.3 Å². The number of nitrogens with one attached hydrogen (secondary N) is 1. The number of aliphatic carboxylic acids is 4. The van der Waals surface area contributed by atoms with E-state index in [1.54, 1.807) is 13.3 Å². The number of para-hydroxylation sites is 1. The first-order valence-electron chi connectivity index (χ1n) is 12.6. The summed E-state index contributed by atoms with van der Waals surface area (Å²) in [6.07, 6.45) is 4.93. The van der Waals surface area contributed by atoms with Gasteiger partial charge in [-0.25, -0.2) is 19.2 Å². The Hall–Kier alpha value is -6.13. The second-order valence-electron chi connectivity index (χ2n) is 7.78. The SMILES string of the molecule is COc1cccc2c(NCCCN(CCO)CCO)ccnc12.O=C(O)C=CC(=O)O.O=C(O)C=CC(=O)O.O=[N+]([O-])O.O=[N+]([O-])O. The molecule has 0 spiro atoms. The van der Waals surface area contributed by atoms with E-state index < -0.39 is 34.1 Å². The summed E-state index contributed by atoms with van der Waals surface area (Å²) in [6, 6.07) is 7.84. The number of hydrogen-bond donors (Lipinski definition) is 9. The predicted octanol–water partition coefficient (Wildman–Crippen LogP) is 0.0602. The summed E-state index contributed by atoms with van der Waals surface area (Å²) in [5.74, 6) is -4.26. The van der Waals surface area contributed by atoms with Crippen LogP contribution in [-0.2, 0) is 19.2 Å². The van der Waals surface area contributed by atoms with Crippen molar-refractivity contribution in [3.8, 4) is 5.75 Å². The Balaban J connectivity index is -0.000000659. The number of nitrogens with zero attached hydrogens (tertiary/aromatic N) is 4. The molecule has 2 rings (SSSR count). The molecule has 0 aliphatic carbocycles. The monoisotopic (exact) mass is 677 g/mol. The fourth-order valence-corrected chi connectivity index (χ4v) is 2.90. The highest BCUT2D eigenvalue weighted by Crippen LogP contribution is 2.28. The lowest BCUT2D eigenvalue weighted by molar-refractivity contribution is -0.742. The minimum absolute atomic E-state index is 0.113. The maximum absolute atomic E-state index is 9.55. The van der Waals surface area contributed by atoms with E-state index in [1.165, 1.54) is 0 Å². The average Bonchev–Trinajstić information content (AvgIpc) is 2.97. The standard InChI is InChI=1S/C17H25N3O3.2C4H4O4.2HNO3/c1-23-16-5-2-4-14-15(6-8-19-17(14)16)18-7-3-9-20(10-12-21)11-13-22;2*5-3(6)1-2-4(7)8;2*2-1(3)4/h2,4-6,8,21-22H,3,7,9-13H2,1H3,(H,18,19);2*1-2H,(H,5,6)(H,7,8);2*(H,2,3,4). The number of fused-ring (bicyclic) bond motifs is 1. The molecule has 0 amide bonds. The molecule has 0 saturated heterocycles. The highest BCUT2D eigenvalue weighted by atomic mass is 16.9. The zero-order valence-corrected chi connectivity index (χ0v) is 24.7. The number of aromatic nitrogens is 1. The van der Waals surface area contributed by atoms with E-state index in [-0.39, 0.29) is 13.2 Å². The zero-order valence-electron chi connectivity index (χ0n) is 24.7. The van der Waals surface area contributed by atoms with Crippen molar-refractivity contribution in [2.75, 3.05) is 51.8 Å². The molecule has 47 heavy (non-hydrogen) atoms. The van der Waals surface area contributed by atoms with E-state index in [2.05, 4.69) is 15.2 Å². The van der Waals surface area contributed by atoms with Crippen molar-refractivity contribution in [1.82, 2.24) is 9.88 Å². The smallest absolute Gasteiger partial charge is 0.328 e. The molecular formula is C25H35N5O17. The zero-order chi connectivity index (χ0) is 36.8. The van der Waals surface area contributed by atoms with Gasteiger partial charge >= 0.3 is 23.9 Å². The molecule has 0 radical (unpaired) electrons. The molecule has 22 heteroatoms. The largest absolute Gasteiger partial charge is 0.494 e. The molecule has 2 aromatic rings. The van der Waals surface area contributed by atoms with Crippen LogP contribution in [0.4, 0.5) is 5.69 Å². The average molecular weight is 678 g/mol. The number of anilines is 1. The van der Waals surface area contributed by atoms with Crippen molar-refractivity contribution < 1.29 is 75.1 Å².